The summed E-state index contributed by atoms with van der Waals surface area (Å²) in [5.74, 6) is -0.920. The van der Waals surface area contributed by atoms with Crippen molar-refractivity contribution in [2.24, 2.45) is 4.99 Å². The van der Waals surface area contributed by atoms with Gasteiger partial charge in [0.1, 0.15) is 5.82 Å². The molecule has 0 radical (unpaired) electrons. The summed E-state index contributed by atoms with van der Waals surface area (Å²) in [4.78, 5) is 27.6. The van der Waals surface area contributed by atoms with Crippen molar-refractivity contribution in [3.05, 3.63) is 76.6 Å². The van der Waals surface area contributed by atoms with Gasteiger partial charge in [0.25, 0.3) is 5.91 Å². The molecule has 3 aromatic rings. The lowest BCUT2D eigenvalue weighted by atomic mass is 10.1. The number of amidine groups is 1. The number of para-hydroxylation sites is 1. The second-order valence-corrected chi connectivity index (χ2v) is 7.37. The van der Waals surface area contributed by atoms with Crippen molar-refractivity contribution in [1.82, 2.24) is 9.88 Å². The Labute approximate surface area is 165 Å². The molecule has 0 saturated heterocycles. The average molecular weight is 393 g/mol. The van der Waals surface area contributed by atoms with Gasteiger partial charge in [0.15, 0.2) is 5.17 Å². The molecule has 0 unspecified atom stereocenters. The highest BCUT2D eigenvalue weighted by Crippen LogP contribution is 2.31. The molecule has 4 rings (SSSR count). The molecule has 1 aliphatic heterocycles. The molecule has 2 amide bonds. The summed E-state index contributed by atoms with van der Waals surface area (Å²) in [7, 11) is 0. The fourth-order valence-electron chi connectivity index (χ4n) is 3.09. The summed E-state index contributed by atoms with van der Waals surface area (Å²) in [6.07, 6.45) is 3.65. The zero-order valence-electron chi connectivity index (χ0n) is 15.0. The van der Waals surface area contributed by atoms with E-state index < -0.39 is 0 Å². The van der Waals surface area contributed by atoms with E-state index in [0.717, 1.165) is 28.2 Å². The average Bonchev–Trinajstić information content (AvgIpc) is 3.17. The minimum Gasteiger partial charge on any atom is -0.342 e. The predicted molar refractivity (Wildman–Crippen MR) is 109 cm³/mol. The molecule has 140 valence electrons. The molecule has 2 aromatic carbocycles. The van der Waals surface area contributed by atoms with E-state index in [0.29, 0.717) is 17.0 Å². The number of fused-ring (bicyclic) bond motifs is 1. The number of aliphatic imine (C=N–C) groups is 1. The number of carbonyl (C=O) groups excluding carboxylic acids is 2. The van der Waals surface area contributed by atoms with Gasteiger partial charge in [-0.15, -0.1) is 0 Å². The van der Waals surface area contributed by atoms with Gasteiger partial charge in [0.2, 0.25) is 5.91 Å². The Morgan fingerprint density at radius 3 is 2.75 bits per heavy atom. The van der Waals surface area contributed by atoms with Crippen LogP contribution in [0.1, 0.15) is 18.1 Å². The first kappa shape index (κ1) is 18.2. The van der Waals surface area contributed by atoms with E-state index >= 15 is 0 Å². The fraction of sp³-hybridized carbons (Fsp3) is 0.0952. The maximum absolute atomic E-state index is 14.1. The van der Waals surface area contributed by atoms with Gasteiger partial charge in [-0.3, -0.25) is 9.59 Å². The van der Waals surface area contributed by atoms with Crippen LogP contribution >= 0.6 is 11.8 Å². The number of nitrogens with one attached hydrogen (secondary N) is 1. The Hall–Kier alpha value is -3.19. The summed E-state index contributed by atoms with van der Waals surface area (Å²) in [6.45, 7) is 1.75. The molecule has 0 fully saturated rings. The van der Waals surface area contributed by atoms with Crippen molar-refractivity contribution in [1.29, 1.82) is 0 Å². The van der Waals surface area contributed by atoms with Crippen LogP contribution in [-0.4, -0.2) is 21.5 Å². The zero-order valence-corrected chi connectivity index (χ0v) is 15.8. The lowest BCUT2D eigenvalue weighted by Crippen LogP contribution is -2.23. The first-order valence-electron chi connectivity index (χ1n) is 8.63. The highest BCUT2D eigenvalue weighted by molar-refractivity contribution is 8.18. The number of amides is 2. The number of carbonyl (C=O) groups is 2. The minimum atomic E-state index is -0.389. The van der Waals surface area contributed by atoms with Crippen LogP contribution in [0.25, 0.3) is 17.0 Å². The van der Waals surface area contributed by atoms with Crippen LogP contribution in [0.3, 0.4) is 0 Å². The number of hydrogen-bond donors (Lipinski definition) is 1. The molecule has 1 aliphatic rings. The third kappa shape index (κ3) is 3.61. The van der Waals surface area contributed by atoms with Gasteiger partial charge in [0.05, 0.1) is 11.4 Å². The molecule has 1 N–H and O–H groups in total. The summed E-state index contributed by atoms with van der Waals surface area (Å²) in [5.41, 5.74) is 2.36. The molecule has 2 heterocycles. The smallest absolute Gasteiger partial charge is 0.286 e. The van der Waals surface area contributed by atoms with E-state index in [-0.39, 0.29) is 22.8 Å². The maximum atomic E-state index is 14.1. The van der Waals surface area contributed by atoms with Gasteiger partial charge in [-0.25, -0.2) is 4.39 Å². The van der Waals surface area contributed by atoms with Crippen molar-refractivity contribution in [2.45, 2.75) is 13.5 Å². The van der Waals surface area contributed by atoms with Crippen molar-refractivity contribution in [3.63, 3.8) is 0 Å². The Bertz CT molecular complexity index is 1160. The Balaban J connectivity index is 1.70. The quantitative estimate of drug-likeness (QED) is 0.686. The maximum Gasteiger partial charge on any atom is 0.286 e. The second kappa shape index (κ2) is 7.44. The van der Waals surface area contributed by atoms with E-state index in [1.165, 1.54) is 13.0 Å². The van der Waals surface area contributed by atoms with Gasteiger partial charge < -0.3 is 9.88 Å². The SMILES string of the molecule is CC(=O)NC1=NC(=O)C(=Cc2cn(Cc3ccccc3F)c3ccccc23)S1. The normalized spacial score (nSPS) is 15.3. The monoisotopic (exact) mass is 393 g/mol. The number of aromatic nitrogens is 1. The molecule has 28 heavy (non-hydrogen) atoms. The number of halogens is 1. The molecule has 1 aromatic heterocycles. The van der Waals surface area contributed by atoms with E-state index in [4.69, 9.17) is 0 Å². The summed E-state index contributed by atoms with van der Waals surface area (Å²) in [5, 5.41) is 3.76. The van der Waals surface area contributed by atoms with Crippen LogP contribution in [0.5, 0.6) is 0 Å². The summed E-state index contributed by atoms with van der Waals surface area (Å²) < 4.78 is 16.0. The van der Waals surface area contributed by atoms with Crippen LogP contribution in [0.2, 0.25) is 0 Å². The molecule has 0 saturated carbocycles. The van der Waals surface area contributed by atoms with Crippen molar-refractivity contribution in [3.8, 4) is 0 Å². The van der Waals surface area contributed by atoms with Gasteiger partial charge in [-0.2, -0.15) is 4.99 Å². The predicted octanol–water partition coefficient (Wildman–Crippen LogP) is 3.94. The standard InChI is InChI=1S/C21H16FN3O2S/c1-13(26)23-21-24-20(27)19(28-21)10-15-12-25(18-9-5-3-7-16(15)18)11-14-6-2-4-8-17(14)22/h2-10,12H,11H2,1H3,(H,23,24,26,27). The van der Waals surface area contributed by atoms with Gasteiger partial charge in [-0.1, -0.05) is 36.4 Å². The number of rotatable bonds is 3. The molecular formula is C21H16FN3O2S. The third-order valence-electron chi connectivity index (χ3n) is 4.31. The number of benzene rings is 2. The second-order valence-electron chi connectivity index (χ2n) is 6.33. The Kier molecular flexibility index (Phi) is 4.83. The molecule has 5 nitrogen and oxygen atoms in total. The van der Waals surface area contributed by atoms with E-state index in [9.17, 15) is 14.0 Å². The lowest BCUT2D eigenvalue weighted by Gasteiger charge is -2.06. The van der Waals surface area contributed by atoms with E-state index in [1.807, 2.05) is 41.1 Å². The first-order chi connectivity index (χ1) is 13.5. The van der Waals surface area contributed by atoms with Crippen LogP contribution < -0.4 is 5.32 Å². The summed E-state index contributed by atoms with van der Waals surface area (Å²) >= 11 is 1.13. The van der Waals surface area contributed by atoms with Crippen molar-refractivity contribution >= 4 is 45.7 Å². The van der Waals surface area contributed by atoms with E-state index in [2.05, 4.69) is 10.3 Å². The van der Waals surface area contributed by atoms with Crippen LogP contribution in [0.4, 0.5) is 4.39 Å². The molecule has 0 atom stereocenters. The molecule has 7 heteroatoms. The number of nitrogens with zero attached hydrogens (tertiary/aromatic N) is 2. The number of hydrogen-bond acceptors (Lipinski definition) is 3. The molecule has 0 bridgehead atoms. The first-order valence-corrected chi connectivity index (χ1v) is 9.44. The lowest BCUT2D eigenvalue weighted by molar-refractivity contribution is -0.117. The minimum absolute atomic E-state index is 0.255. The van der Waals surface area contributed by atoms with Crippen molar-refractivity contribution in [2.75, 3.05) is 0 Å². The van der Waals surface area contributed by atoms with Crippen molar-refractivity contribution < 1.29 is 14.0 Å². The molecule has 0 spiro atoms. The van der Waals surface area contributed by atoms with Crippen LogP contribution in [0.15, 0.2) is 64.6 Å². The van der Waals surface area contributed by atoms with Crippen LogP contribution in [0, 0.1) is 5.82 Å². The van der Waals surface area contributed by atoms with E-state index in [1.54, 1.807) is 18.2 Å². The zero-order chi connectivity index (χ0) is 19.7. The third-order valence-corrected chi connectivity index (χ3v) is 5.21. The number of thioether (sulfide) groups is 1. The van der Waals surface area contributed by atoms with Gasteiger partial charge in [0, 0.05) is 35.2 Å². The fourth-order valence-corrected chi connectivity index (χ4v) is 3.94. The topological polar surface area (TPSA) is 63.5 Å². The molecular weight excluding hydrogens is 377 g/mol. The molecule has 0 aliphatic carbocycles. The van der Waals surface area contributed by atoms with Crippen LogP contribution in [-0.2, 0) is 16.1 Å². The van der Waals surface area contributed by atoms with Gasteiger partial charge in [-0.05, 0) is 30.0 Å². The Morgan fingerprint density at radius 2 is 1.96 bits per heavy atom. The summed E-state index contributed by atoms with van der Waals surface area (Å²) in [6, 6.07) is 14.4. The Morgan fingerprint density at radius 1 is 1.21 bits per heavy atom. The highest BCUT2D eigenvalue weighted by atomic mass is 32.2. The largest absolute Gasteiger partial charge is 0.342 e. The van der Waals surface area contributed by atoms with Gasteiger partial charge >= 0.3 is 0 Å². The highest BCUT2D eigenvalue weighted by Gasteiger charge is 2.23.